The van der Waals surface area contributed by atoms with E-state index in [1.165, 1.54) is 11.8 Å². The number of amidine groups is 1. The third-order valence-corrected chi connectivity index (χ3v) is 8.16. The van der Waals surface area contributed by atoms with E-state index in [2.05, 4.69) is 0 Å². The molecule has 0 radical (unpaired) electrons. The molecule has 3 aliphatic rings. The van der Waals surface area contributed by atoms with Crippen LogP contribution in [-0.4, -0.2) is 67.4 Å². The molecule has 0 aromatic heterocycles. The maximum atomic E-state index is 13.5. The number of hydrogen-bond donors (Lipinski definition) is 0. The van der Waals surface area contributed by atoms with Gasteiger partial charge in [-0.3, -0.25) is 4.79 Å². The van der Waals surface area contributed by atoms with Gasteiger partial charge in [0.05, 0.1) is 37.4 Å². The maximum absolute atomic E-state index is 13.5. The zero-order valence-electron chi connectivity index (χ0n) is 23.6. The number of carbonyl (C=O) groups is 2. The Kier molecular flexibility index (Phi) is 9.31. The van der Waals surface area contributed by atoms with E-state index in [1.54, 1.807) is 14.2 Å². The Morgan fingerprint density at radius 3 is 2.54 bits per heavy atom. The summed E-state index contributed by atoms with van der Waals surface area (Å²) in [5, 5.41) is 2.68. The molecule has 0 aliphatic carbocycles. The number of aliphatic imine (C=N–C) groups is 1. The first kappa shape index (κ1) is 28.8. The van der Waals surface area contributed by atoms with Crippen molar-refractivity contribution in [1.82, 2.24) is 9.80 Å². The Morgan fingerprint density at radius 1 is 1.02 bits per heavy atom. The molecular formula is C31H35N3O6S. The summed E-state index contributed by atoms with van der Waals surface area (Å²) in [5.41, 5.74) is 3.61. The van der Waals surface area contributed by atoms with Crippen molar-refractivity contribution in [2.24, 2.45) is 4.99 Å². The number of esters is 1. The molecule has 1 amide bonds. The van der Waals surface area contributed by atoms with Crippen molar-refractivity contribution in [2.45, 2.75) is 38.8 Å². The Bertz CT molecular complexity index is 1370. The SMILES string of the molecule is COCCOC(=O)C1=C(C)N=C2SC=C(CC(=O)N3CCCC3)N2[C@@H]1c1ccc(OCc2ccccc2)c(OC)c1. The van der Waals surface area contributed by atoms with Crippen molar-refractivity contribution >= 4 is 28.8 Å². The van der Waals surface area contributed by atoms with Gasteiger partial charge in [-0.05, 0) is 48.4 Å². The fourth-order valence-electron chi connectivity index (χ4n) is 5.18. The molecule has 3 heterocycles. The van der Waals surface area contributed by atoms with Crippen molar-refractivity contribution in [3.8, 4) is 11.5 Å². The van der Waals surface area contributed by atoms with Crippen molar-refractivity contribution < 1.29 is 28.5 Å². The first-order valence-electron chi connectivity index (χ1n) is 13.7. The lowest BCUT2D eigenvalue weighted by atomic mass is 9.93. The molecule has 2 aromatic carbocycles. The predicted molar refractivity (Wildman–Crippen MR) is 157 cm³/mol. The zero-order valence-corrected chi connectivity index (χ0v) is 24.4. The average Bonchev–Trinajstić information content (AvgIpc) is 3.67. The van der Waals surface area contributed by atoms with Crippen LogP contribution in [-0.2, 0) is 25.7 Å². The summed E-state index contributed by atoms with van der Waals surface area (Å²) in [6, 6.07) is 15.0. The van der Waals surface area contributed by atoms with Crippen LogP contribution in [0.25, 0.3) is 0 Å². The molecular weight excluding hydrogens is 542 g/mol. The number of carbonyl (C=O) groups excluding carboxylic acids is 2. The maximum Gasteiger partial charge on any atom is 0.338 e. The number of nitrogens with zero attached hydrogens (tertiary/aromatic N) is 3. The number of fused-ring (bicyclic) bond motifs is 1. The number of benzene rings is 2. The van der Waals surface area contributed by atoms with Crippen molar-refractivity contribution in [3.05, 3.63) is 82.0 Å². The molecule has 216 valence electrons. The number of amides is 1. The molecule has 2 aromatic rings. The van der Waals surface area contributed by atoms with Crippen molar-refractivity contribution in [2.75, 3.05) is 40.5 Å². The minimum atomic E-state index is -0.567. The summed E-state index contributed by atoms with van der Waals surface area (Å²) >= 11 is 1.46. The Balaban J connectivity index is 1.48. The monoisotopic (exact) mass is 577 g/mol. The highest BCUT2D eigenvalue weighted by atomic mass is 32.2. The van der Waals surface area contributed by atoms with Crippen LogP contribution < -0.4 is 9.47 Å². The molecule has 5 rings (SSSR count). The highest BCUT2D eigenvalue weighted by Gasteiger charge is 2.42. The van der Waals surface area contributed by atoms with Crippen LogP contribution >= 0.6 is 11.8 Å². The largest absolute Gasteiger partial charge is 0.493 e. The van der Waals surface area contributed by atoms with E-state index in [4.69, 9.17) is 23.9 Å². The molecule has 0 saturated carbocycles. The second-order valence-electron chi connectivity index (χ2n) is 9.97. The molecule has 1 atom stereocenters. The van der Waals surface area contributed by atoms with Gasteiger partial charge in [-0.15, -0.1) is 0 Å². The molecule has 0 N–H and O–H groups in total. The number of rotatable bonds is 11. The fraction of sp³-hybridized carbons (Fsp3) is 0.387. The number of allylic oxidation sites excluding steroid dienone is 1. The van der Waals surface area contributed by atoms with Gasteiger partial charge in [-0.25, -0.2) is 9.79 Å². The fourth-order valence-corrected chi connectivity index (χ4v) is 6.15. The summed E-state index contributed by atoms with van der Waals surface area (Å²) in [5.74, 6) is 0.730. The number of thioether (sulfide) groups is 1. The lowest BCUT2D eigenvalue weighted by Crippen LogP contribution is -2.38. The summed E-state index contributed by atoms with van der Waals surface area (Å²) in [6.45, 7) is 4.17. The number of hydrogen-bond acceptors (Lipinski definition) is 9. The van der Waals surface area contributed by atoms with Gasteiger partial charge in [-0.2, -0.15) is 0 Å². The molecule has 3 aliphatic heterocycles. The Hall–Kier alpha value is -3.76. The van der Waals surface area contributed by atoms with Crippen LogP contribution in [0.3, 0.4) is 0 Å². The van der Waals surface area contributed by atoms with Crippen LogP contribution in [0.15, 0.2) is 75.9 Å². The lowest BCUT2D eigenvalue weighted by molar-refractivity contribution is -0.141. The van der Waals surface area contributed by atoms with E-state index in [-0.39, 0.29) is 25.5 Å². The average molecular weight is 578 g/mol. The summed E-state index contributed by atoms with van der Waals surface area (Å²) in [4.78, 5) is 35.3. The minimum absolute atomic E-state index is 0.0760. The van der Waals surface area contributed by atoms with Gasteiger partial charge < -0.3 is 28.7 Å². The minimum Gasteiger partial charge on any atom is -0.493 e. The normalized spacial score (nSPS) is 18.2. The molecule has 0 unspecified atom stereocenters. The molecule has 1 saturated heterocycles. The zero-order chi connectivity index (χ0) is 28.8. The highest BCUT2D eigenvalue weighted by molar-refractivity contribution is 8.16. The smallest absolute Gasteiger partial charge is 0.338 e. The van der Waals surface area contributed by atoms with Crippen LogP contribution in [0.2, 0.25) is 0 Å². The van der Waals surface area contributed by atoms with Crippen LogP contribution in [0.5, 0.6) is 11.5 Å². The first-order valence-corrected chi connectivity index (χ1v) is 14.6. The lowest BCUT2D eigenvalue weighted by Gasteiger charge is -2.36. The summed E-state index contributed by atoms with van der Waals surface area (Å²) < 4.78 is 22.5. The Labute approximate surface area is 244 Å². The van der Waals surface area contributed by atoms with Gasteiger partial charge in [0.15, 0.2) is 16.7 Å². The molecule has 0 spiro atoms. The molecule has 41 heavy (non-hydrogen) atoms. The molecule has 0 bridgehead atoms. The van der Waals surface area contributed by atoms with Gasteiger partial charge >= 0.3 is 5.97 Å². The third kappa shape index (κ3) is 6.44. The van der Waals surface area contributed by atoms with E-state index in [9.17, 15) is 9.59 Å². The van der Waals surface area contributed by atoms with Gasteiger partial charge in [0, 0.05) is 25.9 Å². The van der Waals surface area contributed by atoms with Crippen molar-refractivity contribution in [1.29, 1.82) is 0 Å². The first-order chi connectivity index (χ1) is 20.0. The molecule has 9 nitrogen and oxygen atoms in total. The summed E-state index contributed by atoms with van der Waals surface area (Å²) in [7, 11) is 3.15. The van der Waals surface area contributed by atoms with Gasteiger partial charge in [0.25, 0.3) is 0 Å². The van der Waals surface area contributed by atoms with Gasteiger partial charge in [-0.1, -0.05) is 48.2 Å². The van der Waals surface area contributed by atoms with Gasteiger partial charge in [0.2, 0.25) is 5.91 Å². The summed E-state index contributed by atoms with van der Waals surface area (Å²) in [6.07, 6.45) is 2.27. The van der Waals surface area contributed by atoms with Crippen LogP contribution in [0, 0.1) is 0 Å². The van der Waals surface area contributed by atoms with E-state index in [0.717, 1.165) is 42.8 Å². The topological polar surface area (TPSA) is 89.9 Å². The van der Waals surface area contributed by atoms with Gasteiger partial charge in [0.1, 0.15) is 13.2 Å². The van der Waals surface area contributed by atoms with Crippen molar-refractivity contribution in [3.63, 3.8) is 0 Å². The third-order valence-electron chi connectivity index (χ3n) is 7.27. The second kappa shape index (κ2) is 13.3. The van der Waals surface area contributed by atoms with Crippen LogP contribution in [0.4, 0.5) is 0 Å². The molecule has 10 heteroatoms. The van der Waals surface area contributed by atoms with E-state index < -0.39 is 12.0 Å². The quantitative estimate of drug-likeness (QED) is 0.271. The number of methoxy groups -OCH3 is 2. The van der Waals surface area contributed by atoms with E-state index >= 15 is 0 Å². The second-order valence-corrected chi connectivity index (χ2v) is 10.8. The Morgan fingerprint density at radius 2 is 1.80 bits per heavy atom. The van der Waals surface area contributed by atoms with E-state index in [0.29, 0.717) is 34.5 Å². The standard InChI is InChI=1S/C31H35N3O6S/c1-21-28(30(36)39-16-15-37-2)29(34-24(20-41-31(34)32-21)18-27(35)33-13-7-8-14-33)23-11-12-25(26(17-23)38-3)40-19-22-9-5-4-6-10-22/h4-6,9-12,17,20,29H,7-8,13-16,18-19H2,1-3H3/t29-/m1/s1. The highest BCUT2D eigenvalue weighted by Crippen LogP contribution is 2.46. The molecule has 1 fully saturated rings. The van der Waals surface area contributed by atoms with E-state index in [1.807, 2.05) is 70.7 Å². The number of ether oxygens (including phenoxy) is 4. The predicted octanol–water partition coefficient (Wildman–Crippen LogP) is 5.05. The van der Waals surface area contributed by atoms with Crippen LogP contribution in [0.1, 0.15) is 43.4 Å². The number of likely N-dealkylation sites (tertiary alicyclic amines) is 1.